The van der Waals surface area contributed by atoms with Gasteiger partial charge in [0.25, 0.3) is 0 Å². The Morgan fingerprint density at radius 1 is 0.970 bits per heavy atom. The van der Waals surface area contributed by atoms with Crippen molar-refractivity contribution in [2.24, 2.45) is 5.10 Å². The first kappa shape index (κ1) is 23.9. The summed E-state index contributed by atoms with van der Waals surface area (Å²) >= 11 is 0. The van der Waals surface area contributed by atoms with Gasteiger partial charge in [-0.2, -0.15) is 5.10 Å². The van der Waals surface area contributed by atoms with E-state index in [-0.39, 0.29) is 5.91 Å². The Labute approximate surface area is 195 Å². The topological polar surface area (TPSA) is 72.0 Å². The third-order valence-corrected chi connectivity index (χ3v) is 5.09. The standard InChI is InChI=1S/C27H31N3O3/c1-20-9-7-12-24(17-20)28-16-8-13-27(31)30-29-21(2)23-14-15-25(26(18-23)32-3)33-19-22-10-5-4-6-11-22/h4-7,9-12,14-15,17-18,28H,8,13,16,19H2,1-3H3,(H,30,31). The molecule has 0 unspecified atom stereocenters. The van der Waals surface area contributed by atoms with Crippen LogP contribution in [0.15, 0.2) is 77.9 Å². The number of methoxy groups -OCH3 is 1. The fourth-order valence-electron chi connectivity index (χ4n) is 3.25. The molecule has 6 nitrogen and oxygen atoms in total. The second-order valence-corrected chi connectivity index (χ2v) is 7.77. The number of hydrogen-bond donors (Lipinski definition) is 2. The number of anilines is 1. The molecule has 0 spiro atoms. The van der Waals surface area contributed by atoms with E-state index in [2.05, 4.69) is 34.9 Å². The molecule has 0 bridgehead atoms. The van der Waals surface area contributed by atoms with E-state index >= 15 is 0 Å². The van der Waals surface area contributed by atoms with Crippen LogP contribution in [0.4, 0.5) is 5.69 Å². The molecule has 172 valence electrons. The van der Waals surface area contributed by atoms with Crippen LogP contribution in [-0.2, 0) is 11.4 Å². The molecule has 3 aromatic carbocycles. The normalized spacial score (nSPS) is 11.1. The number of amides is 1. The number of carbonyl (C=O) groups is 1. The molecule has 0 aliphatic rings. The van der Waals surface area contributed by atoms with E-state index in [0.29, 0.717) is 30.2 Å². The fraction of sp³-hybridized carbons (Fsp3) is 0.259. The Bertz CT molecular complexity index is 1080. The molecule has 0 fully saturated rings. The fourth-order valence-corrected chi connectivity index (χ4v) is 3.25. The molecule has 3 aromatic rings. The van der Waals surface area contributed by atoms with Gasteiger partial charge >= 0.3 is 0 Å². The number of aryl methyl sites for hydroxylation is 1. The minimum Gasteiger partial charge on any atom is -0.493 e. The van der Waals surface area contributed by atoms with Crippen molar-refractivity contribution >= 4 is 17.3 Å². The number of nitrogens with zero attached hydrogens (tertiary/aromatic N) is 1. The second-order valence-electron chi connectivity index (χ2n) is 7.77. The van der Waals surface area contributed by atoms with E-state index in [1.54, 1.807) is 7.11 Å². The van der Waals surface area contributed by atoms with Crippen molar-refractivity contribution in [2.45, 2.75) is 33.3 Å². The molecule has 6 heteroatoms. The monoisotopic (exact) mass is 445 g/mol. The van der Waals surface area contributed by atoms with Gasteiger partial charge in [0.05, 0.1) is 12.8 Å². The largest absolute Gasteiger partial charge is 0.493 e. The lowest BCUT2D eigenvalue weighted by Gasteiger charge is -2.12. The molecule has 0 atom stereocenters. The highest BCUT2D eigenvalue weighted by Crippen LogP contribution is 2.29. The summed E-state index contributed by atoms with van der Waals surface area (Å²) in [6.07, 6.45) is 1.11. The summed E-state index contributed by atoms with van der Waals surface area (Å²) in [4.78, 5) is 12.2. The Morgan fingerprint density at radius 2 is 1.79 bits per heavy atom. The Balaban J connectivity index is 1.48. The first-order valence-corrected chi connectivity index (χ1v) is 11.0. The summed E-state index contributed by atoms with van der Waals surface area (Å²) in [5, 5.41) is 7.57. The zero-order valence-corrected chi connectivity index (χ0v) is 19.4. The molecule has 0 aliphatic heterocycles. The zero-order valence-electron chi connectivity index (χ0n) is 19.4. The molecule has 0 radical (unpaired) electrons. The highest BCUT2D eigenvalue weighted by atomic mass is 16.5. The van der Waals surface area contributed by atoms with Crippen molar-refractivity contribution in [3.05, 3.63) is 89.5 Å². The van der Waals surface area contributed by atoms with Crippen molar-refractivity contribution in [3.8, 4) is 11.5 Å². The molecular formula is C27H31N3O3. The summed E-state index contributed by atoms with van der Waals surface area (Å²) in [5.41, 5.74) is 7.52. The van der Waals surface area contributed by atoms with E-state index < -0.39 is 0 Å². The molecule has 1 amide bonds. The summed E-state index contributed by atoms with van der Waals surface area (Å²) in [7, 11) is 1.60. The predicted molar refractivity (Wildman–Crippen MR) is 133 cm³/mol. The van der Waals surface area contributed by atoms with Gasteiger partial charge in [0.2, 0.25) is 5.91 Å². The van der Waals surface area contributed by atoms with E-state index in [9.17, 15) is 4.79 Å². The van der Waals surface area contributed by atoms with Crippen molar-refractivity contribution in [3.63, 3.8) is 0 Å². The van der Waals surface area contributed by atoms with Crippen LogP contribution >= 0.6 is 0 Å². The van der Waals surface area contributed by atoms with Crippen LogP contribution in [0.25, 0.3) is 0 Å². The minimum atomic E-state index is -0.116. The highest BCUT2D eigenvalue weighted by Gasteiger charge is 2.09. The van der Waals surface area contributed by atoms with Gasteiger partial charge in [-0.3, -0.25) is 4.79 Å². The lowest BCUT2D eigenvalue weighted by molar-refractivity contribution is -0.121. The molecule has 0 saturated heterocycles. The number of rotatable bonds is 11. The van der Waals surface area contributed by atoms with Crippen molar-refractivity contribution in [1.29, 1.82) is 0 Å². The van der Waals surface area contributed by atoms with E-state index in [0.717, 1.165) is 29.8 Å². The summed E-state index contributed by atoms with van der Waals surface area (Å²) in [5.74, 6) is 1.16. The average molecular weight is 446 g/mol. The molecule has 2 N–H and O–H groups in total. The van der Waals surface area contributed by atoms with Crippen LogP contribution in [0, 0.1) is 6.92 Å². The predicted octanol–water partition coefficient (Wildman–Crippen LogP) is 5.32. The number of hydrazone groups is 1. The van der Waals surface area contributed by atoms with Gasteiger partial charge in [0.15, 0.2) is 11.5 Å². The molecular weight excluding hydrogens is 414 g/mol. The maximum atomic E-state index is 12.2. The SMILES string of the molecule is COc1cc(C(C)=NNC(=O)CCCNc2cccc(C)c2)ccc1OCc1ccccc1. The second kappa shape index (κ2) is 12.3. The summed E-state index contributed by atoms with van der Waals surface area (Å²) in [6.45, 7) is 5.08. The molecule has 33 heavy (non-hydrogen) atoms. The first-order valence-electron chi connectivity index (χ1n) is 11.0. The van der Waals surface area contributed by atoms with Gasteiger partial charge in [0.1, 0.15) is 6.61 Å². The van der Waals surface area contributed by atoms with Crippen molar-refractivity contribution < 1.29 is 14.3 Å². The third-order valence-electron chi connectivity index (χ3n) is 5.09. The Morgan fingerprint density at radius 3 is 2.55 bits per heavy atom. The average Bonchev–Trinajstić information content (AvgIpc) is 2.84. The number of ether oxygens (including phenoxy) is 2. The maximum Gasteiger partial charge on any atom is 0.240 e. The smallest absolute Gasteiger partial charge is 0.240 e. The maximum absolute atomic E-state index is 12.2. The number of nitrogens with one attached hydrogen (secondary N) is 2. The Kier molecular flexibility index (Phi) is 8.88. The number of hydrogen-bond acceptors (Lipinski definition) is 5. The van der Waals surface area contributed by atoms with Crippen LogP contribution in [0.3, 0.4) is 0 Å². The van der Waals surface area contributed by atoms with Crippen molar-refractivity contribution in [2.75, 3.05) is 19.0 Å². The van der Waals surface area contributed by atoms with Crippen LogP contribution in [0.1, 0.15) is 36.5 Å². The summed E-state index contributed by atoms with van der Waals surface area (Å²) < 4.78 is 11.4. The van der Waals surface area contributed by atoms with Gasteiger partial charge < -0.3 is 14.8 Å². The molecule has 0 saturated carbocycles. The van der Waals surface area contributed by atoms with Gasteiger partial charge in [0, 0.05) is 24.2 Å². The van der Waals surface area contributed by atoms with Gasteiger partial charge in [-0.15, -0.1) is 0 Å². The van der Waals surface area contributed by atoms with Gasteiger partial charge in [-0.25, -0.2) is 5.43 Å². The lowest BCUT2D eigenvalue weighted by Crippen LogP contribution is -2.20. The Hall–Kier alpha value is -3.80. The van der Waals surface area contributed by atoms with Crippen LogP contribution in [0.2, 0.25) is 0 Å². The first-order chi connectivity index (χ1) is 16.0. The number of benzene rings is 3. The van der Waals surface area contributed by atoms with E-state index in [1.165, 1.54) is 5.56 Å². The lowest BCUT2D eigenvalue weighted by atomic mass is 10.1. The molecule has 0 aliphatic carbocycles. The van der Waals surface area contributed by atoms with Crippen molar-refractivity contribution in [1.82, 2.24) is 5.43 Å². The van der Waals surface area contributed by atoms with Gasteiger partial charge in [-0.1, -0.05) is 42.5 Å². The van der Waals surface area contributed by atoms with E-state index in [1.807, 2.05) is 67.6 Å². The third kappa shape index (κ3) is 7.68. The molecule has 3 rings (SSSR count). The number of carbonyl (C=O) groups excluding carboxylic acids is 1. The van der Waals surface area contributed by atoms with Crippen LogP contribution in [-0.4, -0.2) is 25.3 Å². The van der Waals surface area contributed by atoms with Crippen LogP contribution < -0.4 is 20.2 Å². The minimum absolute atomic E-state index is 0.116. The van der Waals surface area contributed by atoms with Gasteiger partial charge in [-0.05, 0) is 61.7 Å². The summed E-state index contributed by atoms with van der Waals surface area (Å²) in [6, 6.07) is 23.7. The quantitative estimate of drug-likeness (QED) is 0.238. The molecule has 0 aromatic heterocycles. The highest BCUT2D eigenvalue weighted by molar-refractivity contribution is 5.99. The molecule has 0 heterocycles. The zero-order chi connectivity index (χ0) is 23.5. The van der Waals surface area contributed by atoms with Crippen LogP contribution in [0.5, 0.6) is 11.5 Å². The van der Waals surface area contributed by atoms with E-state index in [4.69, 9.17) is 9.47 Å².